The number of nitrogens with zero attached hydrogens (tertiary/aromatic N) is 1. The summed E-state index contributed by atoms with van der Waals surface area (Å²) in [6.45, 7) is 0.317. The third-order valence-corrected chi connectivity index (χ3v) is 7.12. The SMILES string of the molecule is O=C1CN(C2C3C4CCC(C4)C32)C(=O)C2(CCCCC2)N1. The van der Waals surface area contributed by atoms with Gasteiger partial charge in [-0.1, -0.05) is 19.3 Å². The zero-order valence-electron chi connectivity index (χ0n) is 12.5. The molecule has 5 aliphatic rings. The third-order valence-electron chi connectivity index (χ3n) is 7.12. The smallest absolute Gasteiger partial charge is 0.249 e. The standard InChI is InChI=1S/C17H24N2O2/c20-12-9-19(15-13-10-4-5-11(8-10)14(13)15)16(21)17(18-12)6-2-1-3-7-17/h10-11,13-15H,1-9H2,(H,18,20). The summed E-state index contributed by atoms with van der Waals surface area (Å²) in [5.41, 5.74) is -0.538. The van der Waals surface area contributed by atoms with Gasteiger partial charge < -0.3 is 10.2 Å². The van der Waals surface area contributed by atoms with Gasteiger partial charge in [0.1, 0.15) is 5.54 Å². The van der Waals surface area contributed by atoms with E-state index >= 15 is 0 Å². The molecular formula is C17H24N2O2. The quantitative estimate of drug-likeness (QED) is 0.798. The van der Waals surface area contributed by atoms with Gasteiger partial charge in [-0.25, -0.2) is 0 Å². The summed E-state index contributed by atoms with van der Waals surface area (Å²) in [6, 6.07) is 0.411. The zero-order chi connectivity index (χ0) is 14.2. The van der Waals surface area contributed by atoms with Gasteiger partial charge in [-0.05, 0) is 55.8 Å². The van der Waals surface area contributed by atoms with E-state index < -0.39 is 5.54 Å². The van der Waals surface area contributed by atoms with Crippen molar-refractivity contribution < 1.29 is 9.59 Å². The van der Waals surface area contributed by atoms with Gasteiger partial charge in [-0.15, -0.1) is 0 Å². The summed E-state index contributed by atoms with van der Waals surface area (Å²) in [6.07, 6.45) is 9.16. The lowest BCUT2D eigenvalue weighted by Gasteiger charge is -2.45. The Hall–Kier alpha value is -1.06. The van der Waals surface area contributed by atoms with Crippen molar-refractivity contribution in [1.82, 2.24) is 10.2 Å². The second kappa shape index (κ2) is 4.02. The highest BCUT2D eigenvalue weighted by Gasteiger charge is 2.69. The van der Waals surface area contributed by atoms with Crippen molar-refractivity contribution in [2.45, 2.75) is 62.9 Å². The third kappa shape index (κ3) is 1.56. The summed E-state index contributed by atoms with van der Waals surface area (Å²) in [4.78, 5) is 27.3. The highest BCUT2D eigenvalue weighted by atomic mass is 16.2. The van der Waals surface area contributed by atoms with E-state index in [-0.39, 0.29) is 11.8 Å². The number of nitrogens with one attached hydrogen (secondary N) is 1. The van der Waals surface area contributed by atoms with Crippen LogP contribution in [0.4, 0.5) is 0 Å². The van der Waals surface area contributed by atoms with Gasteiger partial charge in [-0.3, -0.25) is 9.59 Å². The first kappa shape index (κ1) is 12.5. The summed E-state index contributed by atoms with van der Waals surface area (Å²) >= 11 is 0. The molecule has 4 atom stereocenters. The monoisotopic (exact) mass is 288 g/mol. The molecule has 1 heterocycles. The Morgan fingerprint density at radius 1 is 1.00 bits per heavy atom. The molecule has 0 radical (unpaired) electrons. The van der Waals surface area contributed by atoms with E-state index in [2.05, 4.69) is 5.32 Å². The first-order valence-corrected chi connectivity index (χ1v) is 8.82. The minimum Gasteiger partial charge on any atom is -0.340 e. The number of hydrogen-bond acceptors (Lipinski definition) is 2. The van der Waals surface area contributed by atoms with Crippen LogP contribution in [0, 0.1) is 23.7 Å². The number of hydrogen-bond donors (Lipinski definition) is 1. The van der Waals surface area contributed by atoms with E-state index in [1.807, 2.05) is 4.90 Å². The van der Waals surface area contributed by atoms with Crippen molar-refractivity contribution >= 4 is 11.8 Å². The lowest BCUT2D eigenvalue weighted by Crippen LogP contribution is -2.68. The van der Waals surface area contributed by atoms with Crippen LogP contribution in [-0.4, -0.2) is 34.8 Å². The summed E-state index contributed by atoms with van der Waals surface area (Å²) in [5, 5.41) is 3.07. The van der Waals surface area contributed by atoms with E-state index in [4.69, 9.17) is 0 Å². The molecule has 4 aliphatic carbocycles. The number of fused-ring (bicyclic) bond motifs is 5. The van der Waals surface area contributed by atoms with Gasteiger partial charge in [0, 0.05) is 6.04 Å². The van der Waals surface area contributed by atoms with Crippen LogP contribution >= 0.6 is 0 Å². The minimum absolute atomic E-state index is 0.0776. The Kier molecular flexibility index (Phi) is 2.39. The molecule has 21 heavy (non-hydrogen) atoms. The topological polar surface area (TPSA) is 49.4 Å². The van der Waals surface area contributed by atoms with Crippen LogP contribution in [0.5, 0.6) is 0 Å². The predicted octanol–water partition coefficient (Wildman–Crippen LogP) is 1.69. The van der Waals surface area contributed by atoms with Crippen LogP contribution in [-0.2, 0) is 9.59 Å². The van der Waals surface area contributed by atoms with Crippen LogP contribution in [0.25, 0.3) is 0 Å². The molecule has 2 bridgehead atoms. The molecule has 0 aromatic carbocycles. The van der Waals surface area contributed by atoms with E-state index in [0.29, 0.717) is 12.6 Å². The average Bonchev–Trinajstić information content (AvgIpc) is 2.90. The first-order chi connectivity index (χ1) is 10.2. The van der Waals surface area contributed by atoms with Gasteiger partial charge in [0.2, 0.25) is 11.8 Å². The van der Waals surface area contributed by atoms with E-state index in [9.17, 15) is 9.59 Å². The first-order valence-electron chi connectivity index (χ1n) is 8.82. The number of rotatable bonds is 1. The Labute approximate surface area is 125 Å². The van der Waals surface area contributed by atoms with Crippen molar-refractivity contribution in [3.05, 3.63) is 0 Å². The molecule has 4 saturated carbocycles. The van der Waals surface area contributed by atoms with Crippen LogP contribution in [0.1, 0.15) is 51.4 Å². The maximum atomic E-state index is 13.1. The molecule has 0 aromatic rings. The van der Waals surface area contributed by atoms with Crippen molar-refractivity contribution in [2.75, 3.05) is 6.54 Å². The molecule has 1 N–H and O–H groups in total. The van der Waals surface area contributed by atoms with Crippen molar-refractivity contribution in [1.29, 1.82) is 0 Å². The van der Waals surface area contributed by atoms with Gasteiger partial charge in [0.25, 0.3) is 0 Å². The fourth-order valence-corrected chi connectivity index (χ4v) is 6.29. The largest absolute Gasteiger partial charge is 0.340 e. The summed E-state index contributed by atoms with van der Waals surface area (Å²) in [7, 11) is 0. The van der Waals surface area contributed by atoms with Crippen molar-refractivity contribution in [2.24, 2.45) is 23.7 Å². The molecule has 1 spiro atoms. The molecule has 5 rings (SSSR count). The molecular weight excluding hydrogens is 264 g/mol. The fraction of sp³-hybridized carbons (Fsp3) is 0.882. The molecule has 4 heteroatoms. The number of carbonyl (C=O) groups excluding carboxylic acids is 2. The highest BCUT2D eigenvalue weighted by molar-refractivity contribution is 5.98. The van der Waals surface area contributed by atoms with Crippen molar-refractivity contribution in [3.8, 4) is 0 Å². The summed E-state index contributed by atoms with van der Waals surface area (Å²) in [5.74, 6) is 3.50. The molecule has 114 valence electrons. The van der Waals surface area contributed by atoms with Crippen LogP contribution in [0.3, 0.4) is 0 Å². The van der Waals surface area contributed by atoms with Crippen LogP contribution in [0.15, 0.2) is 0 Å². The van der Waals surface area contributed by atoms with E-state index in [1.165, 1.54) is 25.7 Å². The van der Waals surface area contributed by atoms with Gasteiger partial charge in [-0.2, -0.15) is 0 Å². The number of piperazine rings is 1. The fourth-order valence-electron chi connectivity index (χ4n) is 6.29. The molecule has 2 amide bonds. The average molecular weight is 288 g/mol. The number of carbonyl (C=O) groups is 2. The van der Waals surface area contributed by atoms with Crippen LogP contribution < -0.4 is 5.32 Å². The van der Waals surface area contributed by atoms with Gasteiger partial charge in [0.15, 0.2) is 0 Å². The van der Waals surface area contributed by atoms with Crippen LogP contribution in [0.2, 0.25) is 0 Å². The van der Waals surface area contributed by atoms with E-state index in [1.54, 1.807) is 0 Å². The highest BCUT2D eigenvalue weighted by Crippen LogP contribution is 2.67. The normalized spacial score (nSPS) is 46.7. The summed E-state index contributed by atoms with van der Waals surface area (Å²) < 4.78 is 0. The Bertz CT molecular complexity index is 495. The lowest BCUT2D eigenvalue weighted by molar-refractivity contribution is -0.152. The zero-order valence-corrected chi connectivity index (χ0v) is 12.5. The lowest BCUT2D eigenvalue weighted by atomic mass is 9.79. The second-order valence-corrected chi connectivity index (χ2v) is 8.10. The maximum absolute atomic E-state index is 13.1. The Balaban J connectivity index is 1.42. The molecule has 5 fully saturated rings. The number of amides is 2. The minimum atomic E-state index is -0.538. The molecule has 4 unspecified atom stereocenters. The van der Waals surface area contributed by atoms with Gasteiger partial charge in [0.05, 0.1) is 6.54 Å². The molecule has 1 aliphatic heterocycles. The van der Waals surface area contributed by atoms with Gasteiger partial charge >= 0.3 is 0 Å². The Morgan fingerprint density at radius 3 is 2.33 bits per heavy atom. The van der Waals surface area contributed by atoms with Crippen molar-refractivity contribution in [3.63, 3.8) is 0 Å². The van der Waals surface area contributed by atoms with E-state index in [0.717, 1.165) is 49.4 Å². The molecule has 4 nitrogen and oxygen atoms in total. The maximum Gasteiger partial charge on any atom is 0.249 e. The molecule has 0 aromatic heterocycles. The Morgan fingerprint density at radius 2 is 1.67 bits per heavy atom. The second-order valence-electron chi connectivity index (χ2n) is 8.10. The predicted molar refractivity (Wildman–Crippen MR) is 77.3 cm³/mol. The molecule has 1 saturated heterocycles.